The number of carbonyl (C=O) groups is 1. The van der Waals surface area contributed by atoms with Crippen LogP contribution in [0.1, 0.15) is 49.7 Å². The van der Waals surface area contributed by atoms with E-state index in [9.17, 15) is 9.90 Å². The highest BCUT2D eigenvalue weighted by Crippen LogP contribution is 2.60. The third kappa shape index (κ3) is 2.66. The van der Waals surface area contributed by atoms with Crippen LogP contribution in [0.15, 0.2) is 42.5 Å². The molecule has 1 heterocycles. The zero-order chi connectivity index (χ0) is 20.3. The van der Waals surface area contributed by atoms with Crippen LogP contribution in [0.3, 0.4) is 0 Å². The summed E-state index contributed by atoms with van der Waals surface area (Å²) in [5, 5.41) is 14.0. The van der Waals surface area contributed by atoms with Crippen LogP contribution in [-0.2, 0) is 4.79 Å². The van der Waals surface area contributed by atoms with Crippen LogP contribution in [0, 0.1) is 5.41 Å². The van der Waals surface area contributed by atoms with Gasteiger partial charge in [-0.05, 0) is 68.0 Å². The number of hydrogen-bond donors (Lipinski definition) is 3. The van der Waals surface area contributed by atoms with Gasteiger partial charge in [0.05, 0.1) is 11.0 Å². The fourth-order valence-corrected chi connectivity index (χ4v) is 5.81. The minimum Gasteiger partial charge on any atom is -0.508 e. The number of phenolic OH excluding ortho intramolecular Hbond substituents is 1. The van der Waals surface area contributed by atoms with Crippen molar-refractivity contribution in [3.05, 3.63) is 63.6 Å². The van der Waals surface area contributed by atoms with Crippen LogP contribution in [0.5, 0.6) is 5.75 Å². The average Bonchev–Trinajstić information content (AvgIpc) is 2.82. The first-order chi connectivity index (χ1) is 13.2. The van der Waals surface area contributed by atoms with Gasteiger partial charge in [0.2, 0.25) is 5.91 Å². The lowest BCUT2D eigenvalue weighted by molar-refractivity contribution is -0.130. The summed E-state index contributed by atoms with van der Waals surface area (Å²) >= 11 is 12.6. The van der Waals surface area contributed by atoms with Gasteiger partial charge in [-0.15, -0.1) is 0 Å². The summed E-state index contributed by atoms with van der Waals surface area (Å²) in [7, 11) is 0. The molecule has 2 aromatic carbocycles. The van der Waals surface area contributed by atoms with Crippen LogP contribution in [-0.4, -0.2) is 22.6 Å². The van der Waals surface area contributed by atoms with E-state index in [4.69, 9.17) is 28.9 Å². The van der Waals surface area contributed by atoms with Gasteiger partial charge in [0.1, 0.15) is 5.75 Å². The number of nitrogens with two attached hydrogens (primary N) is 1. The van der Waals surface area contributed by atoms with Crippen LogP contribution in [0.4, 0.5) is 0 Å². The highest BCUT2D eigenvalue weighted by molar-refractivity contribution is 6.31. The van der Waals surface area contributed by atoms with Gasteiger partial charge in [-0.2, -0.15) is 0 Å². The van der Waals surface area contributed by atoms with Gasteiger partial charge in [0, 0.05) is 22.0 Å². The van der Waals surface area contributed by atoms with E-state index < -0.39 is 11.0 Å². The minimum atomic E-state index is -0.790. The number of phenols is 1. The number of carbonyl (C=O) groups excluding carboxylic acids is 1. The molecule has 0 spiro atoms. The number of amides is 1. The molecule has 28 heavy (non-hydrogen) atoms. The molecule has 2 fully saturated rings. The molecule has 4 N–H and O–H groups in total. The second-order valence-corrected chi connectivity index (χ2v) is 9.18. The average molecular weight is 419 g/mol. The van der Waals surface area contributed by atoms with Crippen LogP contribution in [0.25, 0.3) is 0 Å². The van der Waals surface area contributed by atoms with Gasteiger partial charge in [0.25, 0.3) is 0 Å². The maximum absolute atomic E-state index is 12.9. The number of aromatic hydroxyl groups is 1. The van der Waals surface area contributed by atoms with Crippen LogP contribution < -0.4 is 11.1 Å². The first-order valence-corrected chi connectivity index (χ1v) is 10.3. The molecule has 4 rings (SSSR count). The second-order valence-electron chi connectivity index (χ2n) is 8.34. The molecule has 4 nitrogen and oxygen atoms in total. The fraction of sp³-hybridized carbons (Fsp3) is 0.409. The largest absolute Gasteiger partial charge is 0.508 e. The molecule has 0 radical (unpaired) electrons. The van der Waals surface area contributed by atoms with E-state index in [0.717, 1.165) is 17.5 Å². The van der Waals surface area contributed by atoms with E-state index in [2.05, 4.69) is 5.32 Å². The van der Waals surface area contributed by atoms with Crippen molar-refractivity contribution in [2.45, 2.75) is 50.1 Å². The normalized spacial score (nSPS) is 34.8. The number of nitrogens with one attached hydrogen (secondary N) is 1. The summed E-state index contributed by atoms with van der Waals surface area (Å²) in [6.07, 6.45) is 1.44. The lowest BCUT2D eigenvalue weighted by atomic mass is 9.51. The molecule has 1 aliphatic carbocycles. The quantitative estimate of drug-likeness (QED) is 0.667. The molecule has 5 atom stereocenters. The van der Waals surface area contributed by atoms with E-state index in [0.29, 0.717) is 16.5 Å². The summed E-state index contributed by atoms with van der Waals surface area (Å²) in [5.41, 5.74) is 7.67. The van der Waals surface area contributed by atoms with Crippen LogP contribution >= 0.6 is 23.2 Å². The Morgan fingerprint density at radius 1 is 1.18 bits per heavy atom. The Hall–Kier alpha value is -1.75. The predicted octanol–water partition coefficient (Wildman–Crippen LogP) is 4.58. The van der Waals surface area contributed by atoms with E-state index in [1.807, 2.05) is 44.2 Å². The zero-order valence-corrected chi connectivity index (χ0v) is 17.4. The topological polar surface area (TPSA) is 75.3 Å². The number of rotatable bonds is 2. The second kappa shape index (κ2) is 6.65. The number of hydrogen-bond acceptors (Lipinski definition) is 3. The Kier molecular flexibility index (Phi) is 4.65. The number of halogens is 2. The highest BCUT2D eigenvalue weighted by atomic mass is 35.5. The molecule has 148 valence electrons. The van der Waals surface area contributed by atoms with E-state index in [-0.39, 0.29) is 29.5 Å². The van der Waals surface area contributed by atoms with Crippen molar-refractivity contribution in [2.75, 3.05) is 0 Å². The molecule has 6 heteroatoms. The van der Waals surface area contributed by atoms with Crippen molar-refractivity contribution in [1.29, 1.82) is 0 Å². The van der Waals surface area contributed by atoms with Gasteiger partial charge in [-0.3, -0.25) is 4.79 Å². The molecule has 1 saturated heterocycles. The summed E-state index contributed by atoms with van der Waals surface area (Å²) in [6.45, 7) is 3.95. The van der Waals surface area contributed by atoms with Crippen molar-refractivity contribution >= 4 is 29.1 Å². The predicted molar refractivity (Wildman–Crippen MR) is 112 cm³/mol. The molecule has 2 aliphatic rings. The van der Waals surface area contributed by atoms with Gasteiger partial charge >= 0.3 is 0 Å². The third-order valence-electron chi connectivity index (χ3n) is 7.01. The number of fused-ring (bicyclic) bond motifs is 1. The van der Waals surface area contributed by atoms with Crippen molar-refractivity contribution in [3.8, 4) is 5.75 Å². The Morgan fingerprint density at radius 2 is 1.86 bits per heavy atom. The summed E-state index contributed by atoms with van der Waals surface area (Å²) < 4.78 is 0. The van der Waals surface area contributed by atoms with Crippen LogP contribution in [0.2, 0.25) is 10.0 Å². The first-order valence-electron chi connectivity index (χ1n) is 9.52. The Bertz CT molecular complexity index is 933. The minimum absolute atomic E-state index is 0.0108. The third-order valence-corrected chi connectivity index (χ3v) is 7.59. The van der Waals surface area contributed by atoms with E-state index >= 15 is 0 Å². The molecule has 1 saturated carbocycles. The Labute approximate surface area is 175 Å². The molecule has 1 aliphatic heterocycles. The van der Waals surface area contributed by atoms with E-state index in [1.54, 1.807) is 12.1 Å². The van der Waals surface area contributed by atoms with E-state index in [1.165, 1.54) is 0 Å². The SMILES string of the molecule is CC1NC(=O)C2(C)CCC(c3ccc(O)cc3Cl)C(c3ccc(Cl)cc3)C12N. The highest BCUT2D eigenvalue weighted by Gasteiger charge is 2.66. The zero-order valence-electron chi connectivity index (χ0n) is 15.9. The summed E-state index contributed by atoms with van der Waals surface area (Å²) in [5.74, 6) is 0.0182. The molecule has 2 aromatic rings. The summed E-state index contributed by atoms with van der Waals surface area (Å²) in [4.78, 5) is 12.9. The van der Waals surface area contributed by atoms with Crippen molar-refractivity contribution in [2.24, 2.45) is 11.1 Å². The fourth-order valence-electron chi connectivity index (χ4n) is 5.37. The monoisotopic (exact) mass is 418 g/mol. The van der Waals surface area contributed by atoms with Gasteiger partial charge in [-0.1, -0.05) is 41.4 Å². The Morgan fingerprint density at radius 3 is 2.50 bits per heavy atom. The van der Waals surface area contributed by atoms with Crippen molar-refractivity contribution in [3.63, 3.8) is 0 Å². The first kappa shape index (κ1) is 19.6. The molecular formula is C22H24Cl2N2O2. The Balaban J connectivity index is 1.92. The molecule has 1 amide bonds. The number of benzene rings is 2. The lowest BCUT2D eigenvalue weighted by Gasteiger charge is -2.53. The molecular weight excluding hydrogens is 395 g/mol. The van der Waals surface area contributed by atoms with Crippen molar-refractivity contribution in [1.82, 2.24) is 5.32 Å². The van der Waals surface area contributed by atoms with Gasteiger partial charge in [0.15, 0.2) is 0 Å². The lowest BCUT2D eigenvalue weighted by Crippen LogP contribution is -2.65. The van der Waals surface area contributed by atoms with Gasteiger partial charge in [-0.25, -0.2) is 0 Å². The summed E-state index contributed by atoms with van der Waals surface area (Å²) in [6, 6.07) is 12.6. The van der Waals surface area contributed by atoms with Gasteiger partial charge < -0.3 is 16.2 Å². The smallest absolute Gasteiger partial charge is 0.228 e. The standard InChI is InChI=1S/C22H24Cl2N2O2/c1-12-22(25)19(13-3-5-14(23)6-4-13)17(9-10-21(22,2)20(28)26-12)16-8-7-15(27)11-18(16)24/h3-8,11-12,17,19,27H,9-10,25H2,1-2H3,(H,26,28). The molecule has 0 bridgehead atoms. The van der Waals surface area contributed by atoms with Crippen molar-refractivity contribution < 1.29 is 9.90 Å². The molecule has 0 aromatic heterocycles. The molecule has 5 unspecified atom stereocenters. The maximum Gasteiger partial charge on any atom is 0.228 e. The maximum atomic E-state index is 12.9.